The van der Waals surface area contributed by atoms with Gasteiger partial charge in [-0.25, -0.2) is 0 Å². The molecule has 2 atom stereocenters. The summed E-state index contributed by atoms with van der Waals surface area (Å²) in [5, 5.41) is 4.19. The lowest BCUT2D eigenvalue weighted by Gasteiger charge is -2.28. The lowest BCUT2D eigenvalue weighted by atomic mass is 9.96. The van der Waals surface area contributed by atoms with E-state index in [0.29, 0.717) is 24.5 Å². The van der Waals surface area contributed by atoms with E-state index in [1.165, 1.54) is 40.9 Å². The van der Waals surface area contributed by atoms with Crippen LogP contribution in [0.25, 0.3) is 5.69 Å². The molecule has 1 aliphatic heterocycles. The first-order valence-electron chi connectivity index (χ1n) is 11.6. The third-order valence-corrected chi connectivity index (χ3v) is 6.81. The maximum absolute atomic E-state index is 11.7. The number of hydrogen-bond donors (Lipinski definition) is 1. The Morgan fingerprint density at radius 2 is 1.85 bits per heavy atom. The van der Waals surface area contributed by atoms with Gasteiger partial charge in [-0.15, -0.1) is 0 Å². The number of nitrogens with zero attached hydrogens (tertiary/aromatic N) is 3. The van der Waals surface area contributed by atoms with Gasteiger partial charge in [0, 0.05) is 36.2 Å². The Morgan fingerprint density at radius 3 is 2.50 bits per heavy atom. The van der Waals surface area contributed by atoms with E-state index in [-0.39, 0.29) is 18.1 Å². The van der Waals surface area contributed by atoms with E-state index in [1.807, 2.05) is 24.4 Å². The summed E-state index contributed by atoms with van der Waals surface area (Å²) >= 11 is 5.78. The second kappa shape index (κ2) is 9.97. The number of carbonyl (C=O) groups excluding carboxylic acids is 1. The molecule has 0 unspecified atom stereocenters. The second-order valence-corrected chi connectivity index (χ2v) is 9.39. The van der Waals surface area contributed by atoms with Crippen molar-refractivity contribution < 1.29 is 9.53 Å². The van der Waals surface area contributed by atoms with Gasteiger partial charge < -0.3 is 19.5 Å². The van der Waals surface area contributed by atoms with Gasteiger partial charge in [-0.2, -0.15) is 0 Å². The second-order valence-electron chi connectivity index (χ2n) is 9.01. The summed E-state index contributed by atoms with van der Waals surface area (Å²) in [6.45, 7) is 9.23. The van der Waals surface area contributed by atoms with Crippen LogP contribution in [0.15, 0.2) is 48.7 Å². The monoisotopic (exact) mass is 476 g/mol. The SMILES string of the molecule is COC(=O)CCCN1C(=S)N[C@H](c2ccccn2)[C@@H]1c1cc(C)n(-c2cc(C)cc(C)c2)c1C. The lowest BCUT2D eigenvalue weighted by Crippen LogP contribution is -2.31. The van der Waals surface area contributed by atoms with Crippen molar-refractivity contribution in [3.05, 3.63) is 82.4 Å². The fourth-order valence-corrected chi connectivity index (χ4v) is 5.38. The summed E-state index contributed by atoms with van der Waals surface area (Å²) in [7, 11) is 1.42. The molecule has 1 aliphatic rings. The molecule has 0 aliphatic carbocycles. The molecule has 0 radical (unpaired) electrons. The first-order valence-corrected chi connectivity index (χ1v) is 12.0. The van der Waals surface area contributed by atoms with Gasteiger partial charge in [0.05, 0.1) is 24.9 Å². The number of hydrogen-bond acceptors (Lipinski definition) is 4. The van der Waals surface area contributed by atoms with Gasteiger partial charge in [0.2, 0.25) is 0 Å². The van der Waals surface area contributed by atoms with Crippen molar-refractivity contribution in [3.8, 4) is 5.69 Å². The number of benzene rings is 1. The molecule has 0 amide bonds. The van der Waals surface area contributed by atoms with Crippen molar-refractivity contribution in [2.45, 2.75) is 52.6 Å². The van der Waals surface area contributed by atoms with Crippen LogP contribution in [-0.2, 0) is 9.53 Å². The first-order chi connectivity index (χ1) is 16.3. The number of aromatic nitrogens is 2. The molecule has 1 aromatic carbocycles. The van der Waals surface area contributed by atoms with E-state index in [2.05, 4.69) is 71.7 Å². The van der Waals surface area contributed by atoms with E-state index in [9.17, 15) is 4.79 Å². The van der Waals surface area contributed by atoms with Crippen molar-refractivity contribution >= 4 is 23.3 Å². The number of esters is 1. The molecule has 178 valence electrons. The van der Waals surface area contributed by atoms with Crippen molar-refractivity contribution in [1.29, 1.82) is 0 Å². The number of methoxy groups -OCH3 is 1. The predicted molar refractivity (Wildman–Crippen MR) is 138 cm³/mol. The van der Waals surface area contributed by atoms with Gasteiger partial charge in [-0.05, 0) is 93.4 Å². The summed E-state index contributed by atoms with van der Waals surface area (Å²) in [6, 6.07) is 14.7. The maximum Gasteiger partial charge on any atom is 0.305 e. The number of ether oxygens (including phenoxy) is 1. The summed E-state index contributed by atoms with van der Waals surface area (Å²) in [6.07, 6.45) is 2.84. The van der Waals surface area contributed by atoms with Gasteiger partial charge in [0.15, 0.2) is 5.11 Å². The molecule has 3 aromatic rings. The Kier molecular flexibility index (Phi) is 7.03. The standard InChI is InChI=1S/C27H32N4O2S/c1-17-13-18(2)15-21(14-17)31-19(3)16-22(20(31)4)26-25(23-9-6-7-11-28-23)29-27(34)30(26)12-8-10-24(32)33-5/h6-7,9,11,13-16,25-26H,8,10,12H2,1-5H3,(H,29,34)/t25-,26+/m1/s1. The highest BCUT2D eigenvalue weighted by molar-refractivity contribution is 7.80. The minimum absolute atomic E-state index is 0.0362. The van der Waals surface area contributed by atoms with Crippen molar-refractivity contribution in [3.63, 3.8) is 0 Å². The van der Waals surface area contributed by atoms with Crippen LogP contribution in [-0.4, -0.2) is 39.2 Å². The Morgan fingerprint density at radius 1 is 1.12 bits per heavy atom. The zero-order chi connectivity index (χ0) is 24.4. The first kappa shape index (κ1) is 24.0. The minimum Gasteiger partial charge on any atom is -0.469 e. The Balaban J connectivity index is 1.77. The summed E-state index contributed by atoms with van der Waals surface area (Å²) in [5.41, 5.74) is 8.15. The fraction of sp³-hybridized carbons (Fsp3) is 0.370. The number of thiocarbonyl (C=S) groups is 1. The van der Waals surface area contributed by atoms with Crippen molar-refractivity contribution in [2.24, 2.45) is 0 Å². The van der Waals surface area contributed by atoms with Crippen LogP contribution in [0.1, 0.15) is 58.7 Å². The molecule has 1 N–H and O–H groups in total. The quantitative estimate of drug-likeness (QED) is 0.381. The number of carbonyl (C=O) groups is 1. The van der Waals surface area contributed by atoms with Gasteiger partial charge in [-0.1, -0.05) is 12.1 Å². The molecule has 4 rings (SSSR count). The number of aryl methyl sites for hydroxylation is 3. The Labute approximate surface area is 207 Å². The smallest absolute Gasteiger partial charge is 0.305 e. The highest BCUT2D eigenvalue weighted by atomic mass is 32.1. The molecule has 0 saturated carbocycles. The van der Waals surface area contributed by atoms with Crippen LogP contribution in [0.5, 0.6) is 0 Å². The Bertz CT molecular complexity index is 1180. The molecular weight excluding hydrogens is 444 g/mol. The van der Waals surface area contributed by atoms with Crippen molar-refractivity contribution in [2.75, 3.05) is 13.7 Å². The molecule has 6 nitrogen and oxygen atoms in total. The summed E-state index contributed by atoms with van der Waals surface area (Å²) < 4.78 is 7.15. The molecular formula is C27H32N4O2S. The van der Waals surface area contributed by atoms with Gasteiger partial charge in [0.25, 0.3) is 0 Å². The lowest BCUT2D eigenvalue weighted by molar-refractivity contribution is -0.140. The van der Waals surface area contributed by atoms with Crippen LogP contribution in [0.4, 0.5) is 0 Å². The van der Waals surface area contributed by atoms with Gasteiger partial charge >= 0.3 is 5.97 Å². The molecule has 1 saturated heterocycles. The fourth-order valence-electron chi connectivity index (χ4n) is 5.04. The van der Waals surface area contributed by atoms with E-state index in [0.717, 1.165) is 5.69 Å². The Hall–Kier alpha value is -3.19. The topological polar surface area (TPSA) is 59.4 Å². The molecule has 3 heterocycles. The highest BCUT2D eigenvalue weighted by Gasteiger charge is 2.41. The molecule has 7 heteroatoms. The van der Waals surface area contributed by atoms with E-state index < -0.39 is 0 Å². The normalized spacial score (nSPS) is 17.7. The number of pyridine rings is 1. The maximum atomic E-state index is 11.7. The minimum atomic E-state index is -0.205. The third-order valence-electron chi connectivity index (χ3n) is 6.46. The zero-order valence-electron chi connectivity index (χ0n) is 20.5. The van der Waals surface area contributed by atoms with Crippen LogP contribution in [0.2, 0.25) is 0 Å². The number of rotatable bonds is 7. The van der Waals surface area contributed by atoms with Crippen LogP contribution in [0, 0.1) is 27.7 Å². The molecule has 2 aromatic heterocycles. The molecule has 0 spiro atoms. The molecule has 34 heavy (non-hydrogen) atoms. The number of nitrogens with one attached hydrogen (secondary N) is 1. The zero-order valence-corrected chi connectivity index (χ0v) is 21.3. The summed E-state index contributed by atoms with van der Waals surface area (Å²) in [4.78, 5) is 18.6. The molecule has 1 fully saturated rings. The average molecular weight is 477 g/mol. The van der Waals surface area contributed by atoms with Gasteiger partial charge in [-0.3, -0.25) is 9.78 Å². The average Bonchev–Trinajstić information content (AvgIpc) is 3.28. The predicted octanol–water partition coefficient (Wildman–Crippen LogP) is 5.03. The third kappa shape index (κ3) is 4.71. The van der Waals surface area contributed by atoms with Crippen LogP contribution in [0.3, 0.4) is 0 Å². The van der Waals surface area contributed by atoms with Crippen molar-refractivity contribution in [1.82, 2.24) is 19.8 Å². The van der Waals surface area contributed by atoms with Gasteiger partial charge in [0.1, 0.15) is 0 Å². The summed E-state index contributed by atoms with van der Waals surface area (Å²) in [5.74, 6) is -0.205. The van der Waals surface area contributed by atoms with E-state index in [4.69, 9.17) is 17.0 Å². The van der Waals surface area contributed by atoms with E-state index in [1.54, 1.807) is 0 Å². The highest BCUT2D eigenvalue weighted by Crippen LogP contribution is 2.41. The van der Waals surface area contributed by atoms with Crippen LogP contribution < -0.4 is 5.32 Å². The largest absolute Gasteiger partial charge is 0.469 e. The molecule has 0 bridgehead atoms. The van der Waals surface area contributed by atoms with Crippen LogP contribution >= 0.6 is 12.2 Å². The van der Waals surface area contributed by atoms with E-state index >= 15 is 0 Å².